The number of aryl methyl sites for hydroxylation is 1. The standard InChI is InChI=1S/C11H16N4S/c1-15-10(8(12)5-7-16-2)14-9-4-3-6-13-11(9)15/h3-4,6,8H,5,7,12H2,1-2H3. The van der Waals surface area contributed by atoms with E-state index in [1.807, 2.05) is 23.7 Å². The number of aromatic nitrogens is 3. The Kier molecular flexibility index (Phi) is 3.46. The summed E-state index contributed by atoms with van der Waals surface area (Å²) in [5.41, 5.74) is 7.94. The smallest absolute Gasteiger partial charge is 0.159 e. The molecule has 0 saturated carbocycles. The first kappa shape index (κ1) is 11.4. The maximum atomic E-state index is 6.12. The van der Waals surface area contributed by atoms with Crippen LogP contribution in [0.5, 0.6) is 0 Å². The van der Waals surface area contributed by atoms with Gasteiger partial charge in [0.25, 0.3) is 0 Å². The molecule has 0 aromatic carbocycles. The molecule has 0 aliphatic carbocycles. The average Bonchev–Trinajstić information content (AvgIpc) is 2.64. The van der Waals surface area contributed by atoms with Gasteiger partial charge in [-0.2, -0.15) is 11.8 Å². The lowest BCUT2D eigenvalue weighted by Gasteiger charge is -2.10. The molecule has 0 aliphatic heterocycles. The van der Waals surface area contributed by atoms with E-state index in [1.165, 1.54) is 0 Å². The molecule has 0 bridgehead atoms. The Morgan fingerprint density at radius 2 is 2.38 bits per heavy atom. The predicted molar refractivity (Wildman–Crippen MR) is 68.4 cm³/mol. The van der Waals surface area contributed by atoms with Crippen molar-refractivity contribution in [3.05, 3.63) is 24.2 Å². The number of nitrogens with two attached hydrogens (primary N) is 1. The lowest BCUT2D eigenvalue weighted by Crippen LogP contribution is -2.16. The lowest BCUT2D eigenvalue weighted by atomic mass is 10.2. The van der Waals surface area contributed by atoms with E-state index in [1.54, 1.807) is 18.0 Å². The van der Waals surface area contributed by atoms with E-state index in [0.717, 1.165) is 29.2 Å². The van der Waals surface area contributed by atoms with Gasteiger partial charge in [-0.25, -0.2) is 9.97 Å². The number of imidazole rings is 1. The summed E-state index contributed by atoms with van der Waals surface area (Å²) in [6, 6.07) is 3.85. The van der Waals surface area contributed by atoms with Crippen LogP contribution in [0.2, 0.25) is 0 Å². The van der Waals surface area contributed by atoms with Gasteiger partial charge in [-0.15, -0.1) is 0 Å². The van der Waals surface area contributed by atoms with Crippen LogP contribution in [0, 0.1) is 0 Å². The van der Waals surface area contributed by atoms with Crippen molar-refractivity contribution in [1.82, 2.24) is 14.5 Å². The van der Waals surface area contributed by atoms with Crippen LogP contribution in [0.25, 0.3) is 11.2 Å². The third kappa shape index (κ3) is 2.05. The Balaban J connectivity index is 2.33. The third-order valence-corrected chi connectivity index (χ3v) is 3.27. The molecule has 1 unspecified atom stereocenters. The molecule has 0 aliphatic rings. The van der Waals surface area contributed by atoms with Crippen molar-refractivity contribution in [1.29, 1.82) is 0 Å². The molecule has 2 heterocycles. The molecule has 2 rings (SSSR count). The van der Waals surface area contributed by atoms with Crippen molar-refractivity contribution in [3.8, 4) is 0 Å². The number of thioether (sulfide) groups is 1. The van der Waals surface area contributed by atoms with E-state index in [0.29, 0.717) is 0 Å². The third-order valence-electron chi connectivity index (χ3n) is 2.63. The summed E-state index contributed by atoms with van der Waals surface area (Å²) < 4.78 is 1.99. The summed E-state index contributed by atoms with van der Waals surface area (Å²) in [7, 11) is 1.97. The van der Waals surface area contributed by atoms with Gasteiger partial charge >= 0.3 is 0 Å². The second-order valence-corrected chi connectivity index (χ2v) is 4.75. The van der Waals surface area contributed by atoms with Crippen LogP contribution in [0.15, 0.2) is 18.3 Å². The van der Waals surface area contributed by atoms with Gasteiger partial charge in [0.2, 0.25) is 0 Å². The molecule has 2 aromatic rings. The van der Waals surface area contributed by atoms with E-state index < -0.39 is 0 Å². The summed E-state index contributed by atoms with van der Waals surface area (Å²) in [6.45, 7) is 0. The van der Waals surface area contributed by atoms with E-state index in [9.17, 15) is 0 Å². The molecule has 0 amide bonds. The van der Waals surface area contributed by atoms with Gasteiger partial charge in [0.05, 0.1) is 6.04 Å². The van der Waals surface area contributed by atoms with E-state index in [2.05, 4.69) is 16.2 Å². The van der Waals surface area contributed by atoms with Crippen LogP contribution in [-0.4, -0.2) is 26.5 Å². The van der Waals surface area contributed by atoms with Crippen molar-refractivity contribution < 1.29 is 0 Å². The number of hydrogen-bond donors (Lipinski definition) is 1. The minimum absolute atomic E-state index is 0.00773. The molecule has 16 heavy (non-hydrogen) atoms. The zero-order valence-corrected chi connectivity index (χ0v) is 10.4. The predicted octanol–water partition coefficient (Wildman–Crippen LogP) is 1.72. The van der Waals surface area contributed by atoms with Gasteiger partial charge in [-0.3, -0.25) is 0 Å². The number of fused-ring (bicyclic) bond motifs is 1. The molecule has 0 fully saturated rings. The highest BCUT2D eigenvalue weighted by Gasteiger charge is 2.14. The largest absolute Gasteiger partial charge is 0.321 e. The Hall–Kier alpha value is -1.07. The second-order valence-electron chi connectivity index (χ2n) is 3.76. The summed E-state index contributed by atoms with van der Waals surface area (Å²) in [4.78, 5) is 8.84. The van der Waals surface area contributed by atoms with E-state index >= 15 is 0 Å². The molecule has 1 atom stereocenters. The quantitative estimate of drug-likeness (QED) is 0.878. The van der Waals surface area contributed by atoms with Crippen LogP contribution in [0.3, 0.4) is 0 Å². The van der Waals surface area contributed by atoms with Crippen LogP contribution < -0.4 is 5.73 Å². The van der Waals surface area contributed by atoms with Gasteiger partial charge in [0.15, 0.2) is 5.65 Å². The monoisotopic (exact) mass is 236 g/mol. The molecule has 0 saturated heterocycles. The Morgan fingerprint density at radius 3 is 3.06 bits per heavy atom. The fourth-order valence-corrected chi connectivity index (χ4v) is 2.24. The SMILES string of the molecule is CSCCC(N)c1nc2cccnc2n1C. The lowest BCUT2D eigenvalue weighted by molar-refractivity contribution is 0.626. The van der Waals surface area contributed by atoms with Crippen LogP contribution >= 0.6 is 11.8 Å². The molecule has 2 aromatic heterocycles. The molecule has 86 valence electrons. The second kappa shape index (κ2) is 4.84. The molecule has 5 heteroatoms. The molecule has 0 radical (unpaired) electrons. The molecule has 0 spiro atoms. The topological polar surface area (TPSA) is 56.7 Å². The van der Waals surface area contributed by atoms with Gasteiger partial charge in [0.1, 0.15) is 11.3 Å². The van der Waals surface area contributed by atoms with Crippen molar-refractivity contribution in [2.75, 3.05) is 12.0 Å². The van der Waals surface area contributed by atoms with Gasteiger partial charge in [-0.1, -0.05) is 0 Å². The fourth-order valence-electron chi connectivity index (χ4n) is 1.75. The highest BCUT2D eigenvalue weighted by molar-refractivity contribution is 7.98. The summed E-state index contributed by atoms with van der Waals surface area (Å²) in [6.07, 6.45) is 4.81. The zero-order chi connectivity index (χ0) is 11.5. The minimum atomic E-state index is -0.00773. The highest BCUT2D eigenvalue weighted by Crippen LogP contribution is 2.19. The van der Waals surface area contributed by atoms with Crippen LogP contribution in [0.4, 0.5) is 0 Å². The maximum Gasteiger partial charge on any atom is 0.159 e. The normalized spacial score (nSPS) is 13.2. The first-order chi connectivity index (χ1) is 7.74. The molecule has 2 N–H and O–H groups in total. The molecule has 4 nitrogen and oxygen atoms in total. The van der Waals surface area contributed by atoms with Gasteiger partial charge in [-0.05, 0) is 30.6 Å². The number of pyridine rings is 1. The van der Waals surface area contributed by atoms with Crippen LogP contribution in [0.1, 0.15) is 18.3 Å². The first-order valence-electron chi connectivity index (χ1n) is 5.26. The Morgan fingerprint density at radius 1 is 1.56 bits per heavy atom. The average molecular weight is 236 g/mol. The Labute approximate surface area is 99.3 Å². The summed E-state index contributed by atoms with van der Waals surface area (Å²) in [5, 5.41) is 0. The summed E-state index contributed by atoms with van der Waals surface area (Å²) >= 11 is 1.80. The Bertz CT molecular complexity index is 480. The number of nitrogens with zero attached hydrogens (tertiary/aromatic N) is 3. The fraction of sp³-hybridized carbons (Fsp3) is 0.455. The highest BCUT2D eigenvalue weighted by atomic mass is 32.2. The molecular weight excluding hydrogens is 220 g/mol. The van der Waals surface area contributed by atoms with Crippen molar-refractivity contribution in [2.45, 2.75) is 12.5 Å². The number of hydrogen-bond acceptors (Lipinski definition) is 4. The van der Waals surface area contributed by atoms with E-state index in [-0.39, 0.29) is 6.04 Å². The zero-order valence-electron chi connectivity index (χ0n) is 9.55. The van der Waals surface area contributed by atoms with Crippen molar-refractivity contribution in [3.63, 3.8) is 0 Å². The van der Waals surface area contributed by atoms with Gasteiger partial charge < -0.3 is 10.3 Å². The number of rotatable bonds is 4. The molecular formula is C11H16N4S. The van der Waals surface area contributed by atoms with Crippen molar-refractivity contribution >= 4 is 22.9 Å². The minimum Gasteiger partial charge on any atom is -0.321 e. The van der Waals surface area contributed by atoms with E-state index in [4.69, 9.17) is 5.73 Å². The van der Waals surface area contributed by atoms with Gasteiger partial charge in [0, 0.05) is 13.2 Å². The summed E-state index contributed by atoms with van der Waals surface area (Å²) in [5.74, 6) is 1.97. The maximum absolute atomic E-state index is 6.12. The van der Waals surface area contributed by atoms with Crippen molar-refractivity contribution in [2.24, 2.45) is 12.8 Å². The van der Waals surface area contributed by atoms with Crippen LogP contribution in [-0.2, 0) is 7.05 Å². The first-order valence-corrected chi connectivity index (χ1v) is 6.65.